The van der Waals surface area contributed by atoms with Crippen LogP contribution < -0.4 is 10.9 Å². The summed E-state index contributed by atoms with van der Waals surface area (Å²) in [5, 5.41) is 10.9. The Kier molecular flexibility index (Phi) is 4.67. The van der Waals surface area contributed by atoms with E-state index in [-0.39, 0.29) is 11.3 Å². The molecule has 0 bridgehead atoms. The van der Waals surface area contributed by atoms with Gasteiger partial charge in [0, 0.05) is 6.07 Å². The van der Waals surface area contributed by atoms with Crippen LogP contribution in [0.3, 0.4) is 0 Å². The van der Waals surface area contributed by atoms with E-state index >= 15 is 0 Å². The summed E-state index contributed by atoms with van der Waals surface area (Å²) in [7, 11) is 0. The van der Waals surface area contributed by atoms with Gasteiger partial charge in [0.25, 0.3) is 11.6 Å². The summed E-state index contributed by atoms with van der Waals surface area (Å²) < 4.78 is 51.2. The van der Waals surface area contributed by atoms with Crippen LogP contribution >= 0.6 is 0 Å². The molecule has 0 saturated carbocycles. The third-order valence-corrected chi connectivity index (χ3v) is 2.95. The Hall–Kier alpha value is -3.17. The molecule has 0 fully saturated rings. The molecule has 2 N–H and O–H groups in total. The average Bonchev–Trinajstić information content (AvgIpc) is 2.51. The number of hydrogen-bond donors (Lipinski definition) is 2. The van der Waals surface area contributed by atoms with E-state index in [9.17, 15) is 32.5 Å². The molecule has 0 aromatic heterocycles. The molecule has 0 unspecified atom stereocenters. The van der Waals surface area contributed by atoms with Gasteiger partial charge in [0.2, 0.25) is 0 Å². The van der Waals surface area contributed by atoms with E-state index < -0.39 is 34.1 Å². The highest BCUT2D eigenvalue weighted by molar-refractivity contribution is 5.95. The number of alkyl halides is 3. The fraction of sp³-hybridized carbons (Fsp3) is 0.0714. The highest BCUT2D eigenvalue weighted by Gasteiger charge is 2.33. The van der Waals surface area contributed by atoms with E-state index in [0.717, 1.165) is 12.1 Å². The maximum atomic E-state index is 13.4. The Labute approximate surface area is 132 Å². The number of nitrogens with one attached hydrogen (secondary N) is 2. The first-order valence-corrected chi connectivity index (χ1v) is 6.36. The number of hydrogen-bond acceptors (Lipinski definition) is 4. The fourth-order valence-electron chi connectivity index (χ4n) is 1.80. The molecule has 10 heteroatoms. The molecule has 0 aliphatic carbocycles. The summed E-state index contributed by atoms with van der Waals surface area (Å²) in [5.41, 5.74) is 1.31. The lowest BCUT2D eigenvalue weighted by atomic mass is 10.1. The maximum Gasteiger partial charge on any atom is 0.416 e. The minimum atomic E-state index is -4.75. The lowest BCUT2D eigenvalue weighted by Gasteiger charge is -2.11. The standard InChI is InChI=1S/C14H9F4N3O3/c15-10-4-2-1-3-9(10)13(22)20-19-11-6-5-8(14(16,17)18)7-12(11)21(23)24/h1-7,19H,(H,20,22). The molecule has 24 heavy (non-hydrogen) atoms. The highest BCUT2D eigenvalue weighted by Crippen LogP contribution is 2.34. The number of nitrogens with zero attached hydrogens (tertiary/aromatic N) is 1. The van der Waals surface area contributed by atoms with Gasteiger partial charge in [-0.25, -0.2) is 4.39 Å². The zero-order valence-electron chi connectivity index (χ0n) is 11.7. The second kappa shape index (κ2) is 6.52. The molecule has 0 heterocycles. The van der Waals surface area contributed by atoms with Crippen molar-refractivity contribution in [1.29, 1.82) is 0 Å². The Balaban J connectivity index is 2.22. The molecule has 2 rings (SSSR count). The molecule has 6 nitrogen and oxygen atoms in total. The summed E-state index contributed by atoms with van der Waals surface area (Å²) in [6.45, 7) is 0. The summed E-state index contributed by atoms with van der Waals surface area (Å²) >= 11 is 0. The van der Waals surface area contributed by atoms with E-state index in [1.54, 1.807) is 0 Å². The normalized spacial score (nSPS) is 11.0. The van der Waals surface area contributed by atoms with Crippen LogP contribution in [0.2, 0.25) is 0 Å². The van der Waals surface area contributed by atoms with Crippen LogP contribution in [0.5, 0.6) is 0 Å². The van der Waals surface area contributed by atoms with Crippen LogP contribution in [-0.2, 0) is 6.18 Å². The molecule has 0 saturated heterocycles. The van der Waals surface area contributed by atoms with Gasteiger partial charge in [-0.15, -0.1) is 0 Å². The lowest BCUT2D eigenvalue weighted by molar-refractivity contribution is -0.384. The number of hydrazine groups is 1. The topological polar surface area (TPSA) is 84.3 Å². The Morgan fingerprint density at radius 1 is 1.12 bits per heavy atom. The predicted octanol–water partition coefficient (Wildman–Crippen LogP) is 3.51. The molecule has 0 radical (unpaired) electrons. The van der Waals surface area contributed by atoms with Crippen molar-refractivity contribution in [2.75, 3.05) is 5.43 Å². The number of carbonyl (C=O) groups is 1. The lowest BCUT2D eigenvalue weighted by Crippen LogP contribution is -2.30. The zero-order chi connectivity index (χ0) is 17.9. The Morgan fingerprint density at radius 2 is 1.79 bits per heavy atom. The summed E-state index contributed by atoms with van der Waals surface area (Å²) in [6, 6.07) is 6.71. The largest absolute Gasteiger partial charge is 0.416 e. The van der Waals surface area contributed by atoms with Crippen LogP contribution in [0.4, 0.5) is 28.9 Å². The van der Waals surface area contributed by atoms with E-state index in [2.05, 4.69) is 5.43 Å². The summed E-state index contributed by atoms with van der Waals surface area (Å²) in [6.07, 6.45) is -4.75. The Morgan fingerprint density at radius 3 is 2.38 bits per heavy atom. The predicted molar refractivity (Wildman–Crippen MR) is 75.6 cm³/mol. The van der Waals surface area contributed by atoms with Crippen molar-refractivity contribution in [2.45, 2.75) is 6.18 Å². The molecule has 2 aromatic carbocycles. The number of nitro benzene ring substituents is 1. The molecule has 1 amide bonds. The molecule has 0 aliphatic heterocycles. The fourth-order valence-corrected chi connectivity index (χ4v) is 1.80. The Bertz CT molecular complexity index is 793. The highest BCUT2D eigenvalue weighted by atomic mass is 19.4. The van der Waals surface area contributed by atoms with Crippen LogP contribution in [0.25, 0.3) is 0 Å². The molecule has 0 aliphatic rings. The minimum Gasteiger partial charge on any atom is -0.292 e. The summed E-state index contributed by atoms with van der Waals surface area (Å²) in [4.78, 5) is 21.6. The number of rotatable bonds is 4. The van der Waals surface area contributed by atoms with Gasteiger partial charge in [-0.3, -0.25) is 25.8 Å². The molecule has 126 valence electrons. The number of nitro groups is 1. The first-order chi connectivity index (χ1) is 11.2. The van der Waals surface area contributed by atoms with Gasteiger partial charge < -0.3 is 0 Å². The third kappa shape index (κ3) is 3.77. The van der Waals surface area contributed by atoms with E-state index in [1.807, 2.05) is 5.43 Å². The maximum absolute atomic E-state index is 13.4. The number of halogens is 4. The second-order valence-corrected chi connectivity index (χ2v) is 4.55. The van der Waals surface area contributed by atoms with Crippen LogP contribution in [0.1, 0.15) is 15.9 Å². The van der Waals surface area contributed by atoms with E-state index in [4.69, 9.17) is 0 Å². The van der Waals surface area contributed by atoms with Crippen molar-refractivity contribution in [3.05, 3.63) is 69.5 Å². The van der Waals surface area contributed by atoms with Crippen LogP contribution in [0, 0.1) is 15.9 Å². The number of amides is 1. The number of benzene rings is 2. The van der Waals surface area contributed by atoms with Gasteiger partial charge in [0.1, 0.15) is 11.5 Å². The van der Waals surface area contributed by atoms with E-state index in [1.165, 1.54) is 18.2 Å². The van der Waals surface area contributed by atoms with Gasteiger partial charge in [0.15, 0.2) is 0 Å². The van der Waals surface area contributed by atoms with Gasteiger partial charge in [0.05, 0.1) is 16.1 Å². The van der Waals surface area contributed by atoms with Crippen LogP contribution in [0.15, 0.2) is 42.5 Å². The molecule has 2 aromatic rings. The number of carbonyl (C=O) groups excluding carboxylic acids is 1. The monoisotopic (exact) mass is 343 g/mol. The quantitative estimate of drug-likeness (QED) is 0.505. The molecular weight excluding hydrogens is 334 g/mol. The number of anilines is 1. The van der Waals surface area contributed by atoms with E-state index in [0.29, 0.717) is 12.1 Å². The summed E-state index contributed by atoms with van der Waals surface area (Å²) in [5.74, 6) is -1.76. The zero-order valence-corrected chi connectivity index (χ0v) is 11.7. The second-order valence-electron chi connectivity index (χ2n) is 4.55. The molecule has 0 spiro atoms. The van der Waals surface area contributed by atoms with Gasteiger partial charge in [-0.2, -0.15) is 13.2 Å². The van der Waals surface area contributed by atoms with Crippen LogP contribution in [-0.4, -0.2) is 10.8 Å². The SMILES string of the molecule is O=C(NNc1ccc(C(F)(F)F)cc1[N+](=O)[O-])c1ccccc1F. The smallest absolute Gasteiger partial charge is 0.292 e. The van der Waals surface area contributed by atoms with Gasteiger partial charge in [-0.1, -0.05) is 12.1 Å². The first kappa shape index (κ1) is 17.2. The average molecular weight is 343 g/mol. The third-order valence-electron chi connectivity index (χ3n) is 2.95. The van der Waals surface area contributed by atoms with Crippen molar-refractivity contribution in [3.63, 3.8) is 0 Å². The van der Waals surface area contributed by atoms with Crippen molar-refractivity contribution in [3.8, 4) is 0 Å². The van der Waals surface area contributed by atoms with Crippen molar-refractivity contribution in [2.24, 2.45) is 0 Å². The van der Waals surface area contributed by atoms with Gasteiger partial charge >= 0.3 is 6.18 Å². The minimum absolute atomic E-state index is 0.331. The van der Waals surface area contributed by atoms with Crippen molar-refractivity contribution < 1.29 is 27.3 Å². The molecular formula is C14H9F4N3O3. The van der Waals surface area contributed by atoms with Crippen molar-refractivity contribution >= 4 is 17.3 Å². The van der Waals surface area contributed by atoms with Gasteiger partial charge in [-0.05, 0) is 24.3 Å². The molecule has 0 atom stereocenters. The first-order valence-electron chi connectivity index (χ1n) is 6.36. The van der Waals surface area contributed by atoms with Crippen molar-refractivity contribution in [1.82, 2.24) is 5.43 Å².